The van der Waals surface area contributed by atoms with E-state index in [0.717, 1.165) is 21.8 Å². The second kappa shape index (κ2) is 10.3. The van der Waals surface area contributed by atoms with Crippen LogP contribution in [-0.2, 0) is 25.8 Å². The van der Waals surface area contributed by atoms with Crippen LogP contribution in [0.25, 0.3) is 0 Å². The third kappa shape index (κ3) is 5.97. The van der Waals surface area contributed by atoms with Gasteiger partial charge in [-0.2, -0.15) is 13.2 Å². The van der Waals surface area contributed by atoms with Crippen LogP contribution < -0.4 is 0 Å². The normalized spacial score (nSPS) is 11.4. The second-order valence-electron chi connectivity index (χ2n) is 7.98. The van der Waals surface area contributed by atoms with E-state index in [1.54, 1.807) is 23.1 Å². The third-order valence-electron chi connectivity index (χ3n) is 5.48. The SMILES string of the molecule is O=C(c1ccc(Br)cc1)N(Cc1ccccc1)Cc1cccn1Cc1cccc(C(F)(F)F)c1. The van der Waals surface area contributed by atoms with E-state index in [-0.39, 0.29) is 12.5 Å². The highest BCUT2D eigenvalue weighted by Crippen LogP contribution is 2.30. The number of hydrogen-bond acceptors (Lipinski definition) is 1. The maximum atomic E-state index is 13.4. The zero-order valence-electron chi connectivity index (χ0n) is 18.2. The lowest BCUT2D eigenvalue weighted by molar-refractivity contribution is -0.137. The molecule has 4 aromatic rings. The minimum absolute atomic E-state index is 0.122. The topological polar surface area (TPSA) is 25.2 Å². The molecule has 34 heavy (non-hydrogen) atoms. The third-order valence-corrected chi connectivity index (χ3v) is 6.01. The number of hydrogen-bond donors (Lipinski definition) is 0. The van der Waals surface area contributed by atoms with Crippen molar-refractivity contribution in [3.8, 4) is 0 Å². The summed E-state index contributed by atoms with van der Waals surface area (Å²) in [7, 11) is 0. The Hall–Kier alpha value is -3.32. The number of aromatic nitrogens is 1. The summed E-state index contributed by atoms with van der Waals surface area (Å²) >= 11 is 3.39. The van der Waals surface area contributed by atoms with Gasteiger partial charge in [0, 0.05) is 35.0 Å². The predicted molar refractivity (Wildman–Crippen MR) is 129 cm³/mol. The average Bonchev–Trinajstić information content (AvgIpc) is 3.25. The molecule has 1 aromatic heterocycles. The molecule has 1 amide bonds. The van der Waals surface area contributed by atoms with Crippen LogP contribution in [0.4, 0.5) is 13.2 Å². The van der Waals surface area contributed by atoms with Gasteiger partial charge < -0.3 is 9.47 Å². The van der Waals surface area contributed by atoms with Crippen LogP contribution in [0, 0.1) is 0 Å². The van der Waals surface area contributed by atoms with Gasteiger partial charge in [-0.3, -0.25) is 4.79 Å². The fraction of sp³-hybridized carbons (Fsp3) is 0.148. The Balaban J connectivity index is 1.59. The van der Waals surface area contributed by atoms with Gasteiger partial charge in [0.25, 0.3) is 5.91 Å². The summed E-state index contributed by atoms with van der Waals surface area (Å²) in [5, 5.41) is 0. The van der Waals surface area contributed by atoms with Gasteiger partial charge in [-0.15, -0.1) is 0 Å². The van der Waals surface area contributed by atoms with Crippen molar-refractivity contribution < 1.29 is 18.0 Å². The number of carbonyl (C=O) groups excluding carboxylic acids is 1. The van der Waals surface area contributed by atoms with Crippen LogP contribution in [-0.4, -0.2) is 15.4 Å². The summed E-state index contributed by atoms with van der Waals surface area (Å²) in [6.45, 7) is 0.998. The highest BCUT2D eigenvalue weighted by molar-refractivity contribution is 9.10. The Labute approximate surface area is 204 Å². The number of carbonyl (C=O) groups is 1. The molecule has 0 bridgehead atoms. The number of nitrogens with zero attached hydrogens (tertiary/aromatic N) is 2. The van der Waals surface area contributed by atoms with Gasteiger partial charge in [0.15, 0.2) is 0 Å². The Morgan fingerprint density at radius 2 is 1.53 bits per heavy atom. The highest BCUT2D eigenvalue weighted by atomic mass is 79.9. The molecule has 0 unspecified atom stereocenters. The smallest absolute Gasteiger partial charge is 0.345 e. The van der Waals surface area contributed by atoms with Crippen molar-refractivity contribution >= 4 is 21.8 Å². The number of halogens is 4. The van der Waals surface area contributed by atoms with Gasteiger partial charge in [0.1, 0.15) is 0 Å². The van der Waals surface area contributed by atoms with E-state index in [4.69, 9.17) is 0 Å². The predicted octanol–water partition coefficient (Wildman–Crippen LogP) is 7.16. The number of amides is 1. The van der Waals surface area contributed by atoms with E-state index in [0.29, 0.717) is 24.2 Å². The summed E-state index contributed by atoms with van der Waals surface area (Å²) in [6.07, 6.45) is -2.57. The molecule has 0 N–H and O–H groups in total. The summed E-state index contributed by atoms with van der Waals surface area (Å²) in [5.74, 6) is -0.122. The first kappa shape index (κ1) is 23.8. The molecule has 0 saturated heterocycles. The summed E-state index contributed by atoms with van der Waals surface area (Å²) < 4.78 is 42.1. The van der Waals surface area contributed by atoms with Crippen molar-refractivity contribution in [2.45, 2.75) is 25.8 Å². The number of alkyl halides is 3. The van der Waals surface area contributed by atoms with Crippen molar-refractivity contribution in [3.63, 3.8) is 0 Å². The zero-order chi connectivity index (χ0) is 24.1. The molecule has 0 radical (unpaired) electrons. The van der Waals surface area contributed by atoms with E-state index in [1.807, 2.05) is 65.4 Å². The monoisotopic (exact) mass is 526 g/mol. The maximum Gasteiger partial charge on any atom is 0.416 e. The molecule has 3 aromatic carbocycles. The zero-order valence-corrected chi connectivity index (χ0v) is 19.8. The molecule has 0 aliphatic rings. The average molecular weight is 527 g/mol. The van der Waals surface area contributed by atoms with Crippen LogP contribution in [0.2, 0.25) is 0 Å². The molecule has 0 saturated carbocycles. The van der Waals surface area contributed by atoms with Gasteiger partial charge in [-0.25, -0.2) is 0 Å². The van der Waals surface area contributed by atoms with Crippen LogP contribution in [0.5, 0.6) is 0 Å². The molecule has 1 heterocycles. The van der Waals surface area contributed by atoms with Crippen molar-refractivity contribution in [1.29, 1.82) is 0 Å². The van der Waals surface area contributed by atoms with Crippen molar-refractivity contribution in [1.82, 2.24) is 9.47 Å². The lowest BCUT2D eigenvalue weighted by Crippen LogP contribution is -2.31. The highest BCUT2D eigenvalue weighted by Gasteiger charge is 2.30. The Kier molecular flexibility index (Phi) is 7.22. The van der Waals surface area contributed by atoms with Crippen LogP contribution in [0.3, 0.4) is 0 Å². The molecular formula is C27H22BrF3N2O. The first-order chi connectivity index (χ1) is 16.3. The van der Waals surface area contributed by atoms with Crippen molar-refractivity contribution in [2.75, 3.05) is 0 Å². The molecule has 0 aliphatic carbocycles. The molecule has 7 heteroatoms. The van der Waals surface area contributed by atoms with Crippen LogP contribution in [0.1, 0.15) is 32.7 Å². The van der Waals surface area contributed by atoms with Gasteiger partial charge in [-0.05, 0) is 59.7 Å². The lowest BCUT2D eigenvalue weighted by atomic mass is 10.1. The van der Waals surface area contributed by atoms with Crippen LogP contribution >= 0.6 is 15.9 Å². The van der Waals surface area contributed by atoms with E-state index < -0.39 is 11.7 Å². The first-order valence-corrected chi connectivity index (χ1v) is 11.5. The fourth-order valence-electron chi connectivity index (χ4n) is 3.76. The van der Waals surface area contributed by atoms with Gasteiger partial charge in [0.2, 0.25) is 0 Å². The van der Waals surface area contributed by atoms with E-state index in [2.05, 4.69) is 15.9 Å². The van der Waals surface area contributed by atoms with E-state index in [1.165, 1.54) is 12.1 Å². The first-order valence-electron chi connectivity index (χ1n) is 10.7. The van der Waals surface area contributed by atoms with Crippen molar-refractivity contribution in [3.05, 3.63) is 130 Å². The minimum Gasteiger partial charge on any atom is -0.345 e. The molecular weight excluding hydrogens is 505 g/mol. The molecule has 0 spiro atoms. The molecule has 4 rings (SSSR count). The largest absolute Gasteiger partial charge is 0.416 e. The van der Waals surface area contributed by atoms with Gasteiger partial charge in [0.05, 0.1) is 12.1 Å². The molecule has 174 valence electrons. The van der Waals surface area contributed by atoms with Gasteiger partial charge in [-0.1, -0.05) is 58.4 Å². The number of rotatable bonds is 7. The fourth-order valence-corrected chi connectivity index (χ4v) is 4.03. The Bertz CT molecular complexity index is 1250. The van der Waals surface area contributed by atoms with E-state index >= 15 is 0 Å². The summed E-state index contributed by atoms with van der Waals surface area (Å²) in [4.78, 5) is 15.1. The molecule has 0 atom stereocenters. The maximum absolute atomic E-state index is 13.4. The number of benzene rings is 3. The quantitative estimate of drug-likeness (QED) is 0.250. The summed E-state index contributed by atoms with van der Waals surface area (Å²) in [6, 6.07) is 25.9. The summed E-state index contributed by atoms with van der Waals surface area (Å²) in [5.41, 5.74) is 2.26. The lowest BCUT2D eigenvalue weighted by Gasteiger charge is -2.24. The second-order valence-corrected chi connectivity index (χ2v) is 8.89. The molecule has 3 nitrogen and oxygen atoms in total. The molecule has 0 fully saturated rings. The van der Waals surface area contributed by atoms with Crippen LogP contribution in [0.15, 0.2) is 102 Å². The Morgan fingerprint density at radius 1 is 0.824 bits per heavy atom. The molecule has 0 aliphatic heterocycles. The standard InChI is InChI=1S/C27H22BrF3N2O/c28-24-13-11-22(12-14-24)26(34)33(17-20-6-2-1-3-7-20)19-25-10-5-15-32(25)18-21-8-4-9-23(16-21)27(29,30)31/h1-16H,17-19H2. The van der Waals surface area contributed by atoms with Crippen molar-refractivity contribution in [2.24, 2.45) is 0 Å². The van der Waals surface area contributed by atoms with Gasteiger partial charge >= 0.3 is 6.18 Å². The Morgan fingerprint density at radius 3 is 2.24 bits per heavy atom. The minimum atomic E-state index is -4.39. The van der Waals surface area contributed by atoms with E-state index in [9.17, 15) is 18.0 Å².